The van der Waals surface area contributed by atoms with Gasteiger partial charge in [-0.2, -0.15) is 0 Å². The zero-order chi connectivity index (χ0) is 18.7. The number of rotatable bonds is 3. The molecule has 1 N–H and O–H groups in total. The third-order valence-electron chi connectivity index (χ3n) is 5.54. The van der Waals surface area contributed by atoms with E-state index >= 15 is 0 Å². The highest BCUT2D eigenvalue weighted by Gasteiger charge is 2.39. The van der Waals surface area contributed by atoms with Gasteiger partial charge in [-0.3, -0.25) is 14.4 Å². The summed E-state index contributed by atoms with van der Waals surface area (Å²) in [6.45, 7) is 3.10. The number of carbonyl (C=O) groups is 3. The van der Waals surface area contributed by atoms with E-state index in [-0.39, 0.29) is 36.1 Å². The Labute approximate surface area is 154 Å². The molecule has 0 radical (unpaired) electrons. The van der Waals surface area contributed by atoms with Gasteiger partial charge in [-0.15, -0.1) is 0 Å². The van der Waals surface area contributed by atoms with E-state index in [4.69, 9.17) is 0 Å². The lowest BCUT2D eigenvalue weighted by molar-refractivity contribution is -0.146. The van der Waals surface area contributed by atoms with E-state index in [1.165, 1.54) is 0 Å². The van der Waals surface area contributed by atoms with E-state index in [0.717, 1.165) is 36.9 Å². The topological polar surface area (TPSA) is 69.7 Å². The second-order valence-electron chi connectivity index (χ2n) is 7.25. The summed E-state index contributed by atoms with van der Waals surface area (Å²) in [4.78, 5) is 41.1. The molecule has 1 saturated heterocycles. The van der Waals surface area contributed by atoms with E-state index in [1.807, 2.05) is 31.2 Å². The largest absolute Gasteiger partial charge is 0.359 e. The maximum atomic E-state index is 13.0. The Bertz CT molecular complexity index is 686. The molecule has 2 atom stereocenters. The second kappa shape index (κ2) is 7.89. The van der Waals surface area contributed by atoms with Crippen molar-refractivity contribution in [2.24, 2.45) is 11.8 Å². The minimum atomic E-state index is -0.303. The number of benzene rings is 1. The van der Waals surface area contributed by atoms with Crippen molar-refractivity contribution in [1.29, 1.82) is 0 Å². The van der Waals surface area contributed by atoms with Crippen LogP contribution in [0.5, 0.6) is 0 Å². The van der Waals surface area contributed by atoms with Gasteiger partial charge in [0.05, 0.1) is 0 Å². The molecule has 2 fully saturated rings. The molecule has 0 bridgehead atoms. The first-order valence-corrected chi connectivity index (χ1v) is 9.38. The molecule has 1 aliphatic carbocycles. The quantitative estimate of drug-likeness (QED) is 0.896. The molecule has 3 rings (SSSR count). The summed E-state index contributed by atoms with van der Waals surface area (Å²) in [6, 6.07) is 7.84. The van der Waals surface area contributed by atoms with Crippen LogP contribution < -0.4 is 10.2 Å². The van der Waals surface area contributed by atoms with Crippen molar-refractivity contribution < 1.29 is 14.4 Å². The summed E-state index contributed by atoms with van der Waals surface area (Å²) in [7, 11) is 1.61. The average molecular weight is 357 g/mol. The molecule has 3 amide bonds. The van der Waals surface area contributed by atoms with E-state index < -0.39 is 0 Å². The summed E-state index contributed by atoms with van der Waals surface area (Å²) >= 11 is 0. The number of nitrogens with zero attached hydrogens (tertiary/aromatic N) is 2. The molecule has 0 spiro atoms. The first kappa shape index (κ1) is 18.4. The van der Waals surface area contributed by atoms with Crippen molar-refractivity contribution >= 4 is 23.4 Å². The minimum Gasteiger partial charge on any atom is -0.359 e. The number of hydrogen-bond acceptors (Lipinski definition) is 3. The van der Waals surface area contributed by atoms with Crippen molar-refractivity contribution in [2.45, 2.75) is 32.6 Å². The Morgan fingerprint density at radius 1 is 1.04 bits per heavy atom. The van der Waals surface area contributed by atoms with Crippen LogP contribution in [0.4, 0.5) is 5.69 Å². The van der Waals surface area contributed by atoms with E-state index in [9.17, 15) is 14.4 Å². The predicted octanol–water partition coefficient (Wildman–Crippen LogP) is 1.72. The van der Waals surface area contributed by atoms with Crippen LogP contribution >= 0.6 is 0 Å². The molecule has 26 heavy (non-hydrogen) atoms. The van der Waals surface area contributed by atoms with E-state index in [0.29, 0.717) is 13.1 Å². The highest BCUT2D eigenvalue weighted by molar-refractivity contribution is 5.98. The molecule has 0 unspecified atom stereocenters. The Morgan fingerprint density at radius 3 is 2.31 bits per heavy atom. The van der Waals surface area contributed by atoms with Crippen molar-refractivity contribution in [1.82, 2.24) is 10.2 Å². The molecule has 6 heteroatoms. The SMILES string of the molecule is CNC(=O)[C@H]1CCCC[C@H]1C(=O)N1CCN(c2ccc(C)cc2)C(=O)C1. The molecule has 6 nitrogen and oxygen atoms in total. The highest BCUT2D eigenvalue weighted by Crippen LogP contribution is 2.32. The maximum absolute atomic E-state index is 13.0. The molecule has 140 valence electrons. The molecule has 1 aliphatic heterocycles. The van der Waals surface area contributed by atoms with E-state index in [2.05, 4.69) is 5.32 Å². The van der Waals surface area contributed by atoms with Gasteiger partial charge in [0, 0.05) is 37.7 Å². The zero-order valence-electron chi connectivity index (χ0n) is 15.5. The number of hydrogen-bond donors (Lipinski definition) is 1. The lowest BCUT2D eigenvalue weighted by atomic mass is 9.77. The third kappa shape index (κ3) is 3.74. The molecule has 2 aliphatic rings. The lowest BCUT2D eigenvalue weighted by Crippen LogP contribution is -2.55. The molecular weight excluding hydrogens is 330 g/mol. The van der Waals surface area contributed by atoms with Gasteiger partial charge in [-0.05, 0) is 31.9 Å². The van der Waals surface area contributed by atoms with Crippen LogP contribution in [0.3, 0.4) is 0 Å². The monoisotopic (exact) mass is 357 g/mol. The van der Waals surface area contributed by atoms with Gasteiger partial charge in [0.1, 0.15) is 6.54 Å². The van der Waals surface area contributed by atoms with Crippen LogP contribution in [0.25, 0.3) is 0 Å². The Balaban J connectivity index is 1.67. The van der Waals surface area contributed by atoms with Gasteiger partial charge >= 0.3 is 0 Å². The van der Waals surface area contributed by atoms with Gasteiger partial charge in [-0.25, -0.2) is 0 Å². The lowest BCUT2D eigenvalue weighted by Gasteiger charge is -2.38. The fourth-order valence-electron chi connectivity index (χ4n) is 4.02. The average Bonchev–Trinajstić information content (AvgIpc) is 2.67. The van der Waals surface area contributed by atoms with Gasteiger partial charge in [0.25, 0.3) is 0 Å². The van der Waals surface area contributed by atoms with Crippen molar-refractivity contribution in [2.75, 3.05) is 31.6 Å². The summed E-state index contributed by atoms with van der Waals surface area (Å²) in [5.74, 6) is -0.752. The molecule has 1 saturated carbocycles. The fraction of sp³-hybridized carbons (Fsp3) is 0.550. The normalized spacial score (nSPS) is 23.7. The Hall–Kier alpha value is -2.37. The van der Waals surface area contributed by atoms with Gasteiger partial charge in [0.2, 0.25) is 17.7 Å². The number of nitrogens with one attached hydrogen (secondary N) is 1. The predicted molar refractivity (Wildman–Crippen MR) is 99.6 cm³/mol. The molecule has 1 heterocycles. The van der Waals surface area contributed by atoms with Crippen LogP contribution in [-0.2, 0) is 14.4 Å². The zero-order valence-corrected chi connectivity index (χ0v) is 15.5. The van der Waals surface area contributed by atoms with Crippen LogP contribution in [0, 0.1) is 18.8 Å². The highest BCUT2D eigenvalue weighted by atomic mass is 16.2. The second-order valence-corrected chi connectivity index (χ2v) is 7.25. The maximum Gasteiger partial charge on any atom is 0.246 e. The van der Waals surface area contributed by atoms with Crippen LogP contribution in [-0.4, -0.2) is 49.3 Å². The molecule has 1 aromatic rings. The molecule has 1 aromatic carbocycles. The smallest absolute Gasteiger partial charge is 0.246 e. The minimum absolute atomic E-state index is 0.0461. The Morgan fingerprint density at radius 2 is 1.69 bits per heavy atom. The molecular formula is C20H27N3O3. The summed E-state index contributed by atoms with van der Waals surface area (Å²) in [6.07, 6.45) is 3.40. The number of piperazine rings is 1. The van der Waals surface area contributed by atoms with Crippen molar-refractivity contribution in [3.63, 3.8) is 0 Å². The Kier molecular flexibility index (Phi) is 5.59. The summed E-state index contributed by atoms with van der Waals surface area (Å²) in [5.41, 5.74) is 2.01. The summed E-state index contributed by atoms with van der Waals surface area (Å²) in [5, 5.41) is 2.68. The van der Waals surface area contributed by atoms with Crippen molar-refractivity contribution in [3.8, 4) is 0 Å². The van der Waals surface area contributed by atoms with Crippen LogP contribution in [0.15, 0.2) is 24.3 Å². The first-order chi connectivity index (χ1) is 12.5. The number of anilines is 1. The first-order valence-electron chi connectivity index (χ1n) is 9.38. The van der Waals surface area contributed by atoms with Crippen molar-refractivity contribution in [3.05, 3.63) is 29.8 Å². The number of aryl methyl sites for hydroxylation is 1. The summed E-state index contributed by atoms with van der Waals surface area (Å²) < 4.78 is 0. The van der Waals surface area contributed by atoms with E-state index in [1.54, 1.807) is 16.8 Å². The van der Waals surface area contributed by atoms with Gasteiger partial charge in [-0.1, -0.05) is 30.5 Å². The number of carbonyl (C=O) groups excluding carboxylic acids is 3. The fourth-order valence-corrected chi connectivity index (χ4v) is 4.02. The standard InChI is InChI=1S/C20H27N3O3/c1-14-7-9-15(10-8-14)23-12-11-22(13-18(23)24)20(26)17-6-4-3-5-16(17)19(25)21-2/h7-10,16-17H,3-6,11-13H2,1-2H3,(H,21,25)/t16-,17+/m0/s1. The molecule has 0 aromatic heterocycles. The third-order valence-corrected chi connectivity index (χ3v) is 5.54. The van der Waals surface area contributed by atoms with Crippen LogP contribution in [0.2, 0.25) is 0 Å². The number of amides is 3. The van der Waals surface area contributed by atoms with Gasteiger partial charge in [0.15, 0.2) is 0 Å². The van der Waals surface area contributed by atoms with Gasteiger partial charge < -0.3 is 15.1 Å². The van der Waals surface area contributed by atoms with Crippen LogP contribution in [0.1, 0.15) is 31.2 Å².